The monoisotopic (exact) mass is 348 g/mol. The topological polar surface area (TPSA) is 86.7 Å². The number of hydrogen-bond donors (Lipinski definition) is 2. The van der Waals surface area contributed by atoms with Crippen LogP contribution in [-0.4, -0.2) is 46.4 Å². The Balaban J connectivity index is 2.68. The molecule has 6 nitrogen and oxygen atoms in total. The zero-order valence-corrected chi connectivity index (χ0v) is 15.2. The van der Waals surface area contributed by atoms with Gasteiger partial charge in [-0.15, -0.1) is 0 Å². The predicted octanol–water partition coefficient (Wildman–Crippen LogP) is 2.23. The van der Waals surface area contributed by atoms with Crippen molar-refractivity contribution in [2.24, 2.45) is 0 Å². The molecule has 0 fully saturated rings. The fourth-order valence-electron chi connectivity index (χ4n) is 2.78. The normalized spacial score (nSPS) is 11.0. The van der Waals surface area contributed by atoms with E-state index in [4.69, 9.17) is 5.11 Å². The summed E-state index contributed by atoms with van der Waals surface area (Å²) in [7, 11) is 0. The van der Waals surface area contributed by atoms with Gasteiger partial charge >= 0.3 is 5.97 Å². The molecular weight excluding hydrogens is 320 g/mol. The molecule has 1 aromatic carbocycles. The van der Waals surface area contributed by atoms with Gasteiger partial charge in [0.25, 0.3) is 0 Å². The van der Waals surface area contributed by atoms with E-state index in [2.05, 4.69) is 5.32 Å². The maximum Gasteiger partial charge on any atom is 0.305 e. The molecule has 6 heteroatoms. The van der Waals surface area contributed by atoms with E-state index in [0.717, 1.165) is 5.56 Å². The van der Waals surface area contributed by atoms with Gasteiger partial charge in [0.2, 0.25) is 11.8 Å². The van der Waals surface area contributed by atoms with Gasteiger partial charge in [0, 0.05) is 13.5 Å². The highest BCUT2D eigenvalue weighted by Crippen LogP contribution is 2.19. The maximum atomic E-state index is 12.4. The van der Waals surface area contributed by atoms with Crippen LogP contribution in [0.5, 0.6) is 0 Å². The Morgan fingerprint density at radius 2 is 1.72 bits per heavy atom. The second-order valence-corrected chi connectivity index (χ2v) is 6.28. The number of rotatable bonds is 10. The lowest BCUT2D eigenvalue weighted by Crippen LogP contribution is -2.52. The molecule has 0 aliphatic rings. The molecule has 25 heavy (non-hydrogen) atoms. The molecule has 0 unspecified atom stereocenters. The summed E-state index contributed by atoms with van der Waals surface area (Å²) in [4.78, 5) is 36.8. The van der Waals surface area contributed by atoms with Crippen LogP contribution in [0, 0.1) is 0 Å². The Labute approximate surface area is 149 Å². The van der Waals surface area contributed by atoms with Gasteiger partial charge in [-0.05, 0) is 24.8 Å². The van der Waals surface area contributed by atoms with Crippen LogP contribution in [0.15, 0.2) is 30.3 Å². The van der Waals surface area contributed by atoms with Gasteiger partial charge < -0.3 is 15.3 Å². The summed E-state index contributed by atoms with van der Waals surface area (Å²) in [5.41, 5.74) is 0.321. The van der Waals surface area contributed by atoms with Crippen LogP contribution in [0.1, 0.15) is 45.6 Å². The van der Waals surface area contributed by atoms with E-state index in [1.54, 1.807) is 0 Å². The van der Waals surface area contributed by atoms with Crippen molar-refractivity contribution in [2.45, 2.75) is 52.0 Å². The molecule has 0 heterocycles. The standard InChI is InChI=1S/C19H28N2O4/c1-4-19(5-2,13-18(24)25)20-17(23)14-21(15(3)22)12-11-16-9-7-6-8-10-16/h6-10H,4-5,11-14H2,1-3H3,(H,20,23)(H,24,25). The first kappa shape index (κ1) is 20.7. The molecule has 0 spiro atoms. The van der Waals surface area contributed by atoms with Crippen molar-refractivity contribution in [1.29, 1.82) is 0 Å². The minimum Gasteiger partial charge on any atom is -0.481 e. The van der Waals surface area contributed by atoms with Crippen molar-refractivity contribution >= 4 is 17.8 Å². The smallest absolute Gasteiger partial charge is 0.305 e. The van der Waals surface area contributed by atoms with Crippen LogP contribution in [0.4, 0.5) is 0 Å². The summed E-state index contributed by atoms with van der Waals surface area (Å²) < 4.78 is 0. The largest absolute Gasteiger partial charge is 0.481 e. The lowest BCUT2D eigenvalue weighted by molar-refractivity contribution is -0.140. The van der Waals surface area contributed by atoms with E-state index in [0.29, 0.717) is 25.8 Å². The Morgan fingerprint density at radius 3 is 2.20 bits per heavy atom. The minimum absolute atomic E-state index is 0.0659. The van der Waals surface area contributed by atoms with E-state index in [1.807, 2.05) is 44.2 Å². The van der Waals surface area contributed by atoms with Gasteiger partial charge in [-0.25, -0.2) is 0 Å². The van der Waals surface area contributed by atoms with Gasteiger partial charge in [-0.3, -0.25) is 14.4 Å². The zero-order valence-electron chi connectivity index (χ0n) is 15.2. The van der Waals surface area contributed by atoms with Crippen molar-refractivity contribution in [2.75, 3.05) is 13.1 Å². The molecule has 2 amide bonds. The molecule has 138 valence electrons. The zero-order chi connectivity index (χ0) is 18.9. The van der Waals surface area contributed by atoms with Crippen molar-refractivity contribution in [1.82, 2.24) is 10.2 Å². The lowest BCUT2D eigenvalue weighted by atomic mass is 9.89. The van der Waals surface area contributed by atoms with E-state index < -0.39 is 11.5 Å². The Bertz CT molecular complexity index is 582. The summed E-state index contributed by atoms with van der Waals surface area (Å²) in [6.45, 7) is 5.51. The first-order chi connectivity index (χ1) is 11.8. The molecule has 0 bridgehead atoms. The number of nitrogens with one attached hydrogen (secondary N) is 1. The van der Waals surface area contributed by atoms with E-state index in [1.165, 1.54) is 11.8 Å². The van der Waals surface area contributed by atoms with Gasteiger partial charge in [0.05, 0.1) is 18.5 Å². The molecule has 0 saturated carbocycles. The van der Waals surface area contributed by atoms with Crippen LogP contribution < -0.4 is 5.32 Å². The number of benzene rings is 1. The molecule has 0 aliphatic heterocycles. The number of carboxylic acids is 1. The SMILES string of the molecule is CCC(CC)(CC(=O)O)NC(=O)CN(CCc1ccccc1)C(C)=O. The molecule has 0 saturated heterocycles. The van der Waals surface area contributed by atoms with Crippen LogP contribution >= 0.6 is 0 Å². The second kappa shape index (κ2) is 9.81. The summed E-state index contributed by atoms with van der Waals surface area (Å²) in [5.74, 6) is -1.45. The first-order valence-electron chi connectivity index (χ1n) is 8.64. The number of carboxylic acid groups (broad SMARTS) is 1. The highest BCUT2D eigenvalue weighted by molar-refractivity contribution is 5.84. The van der Waals surface area contributed by atoms with Crippen molar-refractivity contribution in [3.63, 3.8) is 0 Å². The van der Waals surface area contributed by atoms with Gasteiger partial charge in [-0.1, -0.05) is 44.2 Å². The first-order valence-corrected chi connectivity index (χ1v) is 8.64. The van der Waals surface area contributed by atoms with Gasteiger partial charge in [0.1, 0.15) is 0 Å². The Kier molecular flexibility index (Phi) is 8.11. The number of nitrogens with zero attached hydrogens (tertiary/aromatic N) is 1. The highest BCUT2D eigenvalue weighted by atomic mass is 16.4. The third kappa shape index (κ3) is 6.95. The minimum atomic E-state index is -0.948. The van der Waals surface area contributed by atoms with Gasteiger partial charge in [0.15, 0.2) is 0 Å². The number of amides is 2. The average molecular weight is 348 g/mol. The summed E-state index contributed by atoms with van der Waals surface area (Å²) in [6.07, 6.45) is 1.57. The molecule has 0 aromatic heterocycles. The molecule has 0 aliphatic carbocycles. The highest BCUT2D eigenvalue weighted by Gasteiger charge is 2.31. The molecule has 0 radical (unpaired) electrons. The van der Waals surface area contributed by atoms with Crippen LogP contribution in [0.25, 0.3) is 0 Å². The number of aliphatic carboxylic acids is 1. The van der Waals surface area contributed by atoms with E-state index in [-0.39, 0.29) is 24.8 Å². The second-order valence-electron chi connectivity index (χ2n) is 6.28. The van der Waals surface area contributed by atoms with Crippen molar-refractivity contribution < 1.29 is 19.5 Å². The average Bonchev–Trinajstić information content (AvgIpc) is 2.58. The predicted molar refractivity (Wildman–Crippen MR) is 96.1 cm³/mol. The molecule has 1 rings (SSSR count). The molecule has 2 N–H and O–H groups in total. The number of hydrogen-bond acceptors (Lipinski definition) is 3. The summed E-state index contributed by atoms with van der Waals surface area (Å²) in [6, 6.07) is 9.75. The third-order valence-corrected chi connectivity index (χ3v) is 4.54. The quantitative estimate of drug-likeness (QED) is 0.679. The van der Waals surface area contributed by atoms with Crippen LogP contribution in [0.3, 0.4) is 0 Å². The summed E-state index contributed by atoms with van der Waals surface area (Å²) in [5, 5.41) is 11.9. The van der Waals surface area contributed by atoms with Gasteiger partial charge in [-0.2, -0.15) is 0 Å². The van der Waals surface area contributed by atoms with Crippen molar-refractivity contribution in [3.05, 3.63) is 35.9 Å². The fourth-order valence-corrected chi connectivity index (χ4v) is 2.78. The van der Waals surface area contributed by atoms with Crippen LogP contribution in [0.2, 0.25) is 0 Å². The third-order valence-electron chi connectivity index (χ3n) is 4.54. The Morgan fingerprint density at radius 1 is 1.12 bits per heavy atom. The number of carbonyl (C=O) groups is 3. The maximum absolute atomic E-state index is 12.4. The fraction of sp³-hybridized carbons (Fsp3) is 0.526. The number of carbonyl (C=O) groups excluding carboxylic acids is 2. The van der Waals surface area contributed by atoms with E-state index in [9.17, 15) is 14.4 Å². The molecule has 0 atom stereocenters. The lowest BCUT2D eigenvalue weighted by Gasteiger charge is -2.32. The van der Waals surface area contributed by atoms with E-state index >= 15 is 0 Å². The Hall–Kier alpha value is -2.37. The molecular formula is C19H28N2O4. The summed E-state index contributed by atoms with van der Waals surface area (Å²) >= 11 is 0. The van der Waals surface area contributed by atoms with Crippen molar-refractivity contribution in [3.8, 4) is 0 Å². The van der Waals surface area contributed by atoms with Crippen LogP contribution in [-0.2, 0) is 20.8 Å². The molecule has 1 aromatic rings.